The van der Waals surface area contributed by atoms with E-state index in [1.807, 2.05) is 6.08 Å². The summed E-state index contributed by atoms with van der Waals surface area (Å²) in [6.07, 6.45) is 8.56. The number of halogens is 1. The third kappa shape index (κ3) is 11.3. The van der Waals surface area contributed by atoms with Crippen LogP contribution in [0.15, 0.2) is 49.4 Å². The van der Waals surface area contributed by atoms with Gasteiger partial charge in [0.05, 0.1) is 18.5 Å². The minimum atomic E-state index is -1.28. The van der Waals surface area contributed by atoms with Gasteiger partial charge in [0, 0.05) is 29.8 Å². The topological polar surface area (TPSA) is 159 Å². The molecular weight excluding hydrogens is 570 g/mol. The van der Waals surface area contributed by atoms with Crippen LogP contribution in [0.1, 0.15) is 70.1 Å². The van der Waals surface area contributed by atoms with Crippen molar-refractivity contribution in [1.29, 1.82) is 0 Å². The van der Waals surface area contributed by atoms with E-state index in [0.717, 1.165) is 25.7 Å². The summed E-state index contributed by atoms with van der Waals surface area (Å²) in [5.74, 6) is -0.367. The zero-order valence-corrected chi connectivity index (χ0v) is 25.9. The second kappa shape index (κ2) is 17.1. The average Bonchev–Trinajstić information content (AvgIpc) is 3.49. The standard InChI is InChI=1S/C32H46ClN5O5/c1-4-23(20(2)3)16-28(39)26(14-21-8-6-5-7-9-21)37-30(40)27(17-25-18-35-19-36-25)38-31(41)29(43-32(34)42)15-22-10-12-24(33)13-11-22/h4,10-13,18-21,23,26-29,39H,1,5-9,14-17H2,2-3H3,(H2,34,42)(H,35,36)(H,37,40)(H,38,41)/t23-,26-,27-,28+,29-/m0/s1. The highest BCUT2D eigenvalue weighted by Crippen LogP contribution is 2.30. The molecule has 0 aliphatic heterocycles. The van der Waals surface area contributed by atoms with Crippen molar-refractivity contribution < 1.29 is 24.2 Å². The summed E-state index contributed by atoms with van der Waals surface area (Å²) in [7, 11) is 0. The molecule has 1 aliphatic rings. The first kappa shape index (κ1) is 34.1. The number of nitrogens with one attached hydrogen (secondary N) is 3. The van der Waals surface area contributed by atoms with Gasteiger partial charge in [-0.05, 0) is 48.3 Å². The second-order valence-electron chi connectivity index (χ2n) is 11.9. The average molecular weight is 616 g/mol. The number of primary amides is 1. The van der Waals surface area contributed by atoms with E-state index in [-0.39, 0.29) is 24.7 Å². The highest BCUT2D eigenvalue weighted by molar-refractivity contribution is 6.30. The van der Waals surface area contributed by atoms with Gasteiger partial charge in [-0.1, -0.05) is 75.8 Å². The van der Waals surface area contributed by atoms with Crippen LogP contribution in [0.25, 0.3) is 0 Å². The maximum Gasteiger partial charge on any atom is 0.405 e. The predicted molar refractivity (Wildman–Crippen MR) is 166 cm³/mol. The normalized spacial score (nSPS) is 17.3. The Morgan fingerprint density at radius 2 is 1.84 bits per heavy atom. The summed E-state index contributed by atoms with van der Waals surface area (Å²) >= 11 is 5.98. The quantitative estimate of drug-likeness (QED) is 0.175. The van der Waals surface area contributed by atoms with E-state index in [0.29, 0.717) is 35.0 Å². The summed E-state index contributed by atoms with van der Waals surface area (Å²) in [6, 6.07) is 5.21. The number of aliphatic hydroxyl groups excluding tert-OH is 1. The van der Waals surface area contributed by atoms with E-state index in [4.69, 9.17) is 22.1 Å². The molecule has 236 valence electrons. The Hall–Kier alpha value is -3.37. The lowest BCUT2D eigenvalue weighted by molar-refractivity contribution is -0.134. The van der Waals surface area contributed by atoms with Crippen LogP contribution in [0.2, 0.25) is 5.02 Å². The van der Waals surface area contributed by atoms with Gasteiger partial charge in [0.1, 0.15) is 6.04 Å². The summed E-state index contributed by atoms with van der Waals surface area (Å²) in [5.41, 5.74) is 6.60. The summed E-state index contributed by atoms with van der Waals surface area (Å²) in [6.45, 7) is 8.10. The first-order chi connectivity index (χ1) is 20.5. The number of benzene rings is 1. The molecule has 0 spiro atoms. The fourth-order valence-electron chi connectivity index (χ4n) is 5.71. The molecule has 0 bridgehead atoms. The Labute approximate surface area is 259 Å². The molecule has 1 heterocycles. The van der Waals surface area contributed by atoms with E-state index >= 15 is 0 Å². The molecule has 3 amide bonds. The van der Waals surface area contributed by atoms with E-state index < -0.39 is 42.2 Å². The molecule has 0 saturated heterocycles. The van der Waals surface area contributed by atoms with Gasteiger partial charge in [-0.3, -0.25) is 9.59 Å². The number of hydrogen-bond acceptors (Lipinski definition) is 6. The number of H-pyrrole nitrogens is 1. The highest BCUT2D eigenvalue weighted by Gasteiger charge is 2.33. The van der Waals surface area contributed by atoms with Crippen molar-refractivity contribution in [1.82, 2.24) is 20.6 Å². The first-order valence-corrected chi connectivity index (χ1v) is 15.5. The number of ether oxygens (including phenoxy) is 1. The van der Waals surface area contributed by atoms with Gasteiger partial charge >= 0.3 is 6.09 Å². The lowest BCUT2D eigenvalue weighted by Crippen LogP contribution is -2.56. The van der Waals surface area contributed by atoms with Crippen molar-refractivity contribution >= 4 is 29.5 Å². The Kier molecular flexibility index (Phi) is 13.5. The van der Waals surface area contributed by atoms with Gasteiger partial charge < -0.3 is 31.2 Å². The smallest absolute Gasteiger partial charge is 0.405 e. The van der Waals surface area contributed by atoms with Crippen molar-refractivity contribution in [2.75, 3.05) is 0 Å². The zero-order chi connectivity index (χ0) is 31.4. The number of carbonyl (C=O) groups excluding carboxylic acids is 3. The summed E-state index contributed by atoms with van der Waals surface area (Å²) in [4.78, 5) is 46.0. The summed E-state index contributed by atoms with van der Waals surface area (Å²) < 4.78 is 5.15. The van der Waals surface area contributed by atoms with Gasteiger partial charge in [-0.2, -0.15) is 0 Å². The number of amides is 3. The highest BCUT2D eigenvalue weighted by atomic mass is 35.5. The van der Waals surface area contributed by atoms with Crippen molar-refractivity contribution in [3.05, 3.63) is 65.7 Å². The monoisotopic (exact) mass is 615 g/mol. The molecule has 0 unspecified atom stereocenters. The number of imidazole rings is 1. The fraction of sp³-hybridized carbons (Fsp3) is 0.562. The second-order valence-corrected chi connectivity index (χ2v) is 12.3. The van der Waals surface area contributed by atoms with Gasteiger partial charge in [-0.15, -0.1) is 6.58 Å². The molecule has 0 radical (unpaired) electrons. The van der Waals surface area contributed by atoms with Crippen molar-refractivity contribution in [2.24, 2.45) is 23.5 Å². The largest absolute Gasteiger partial charge is 0.436 e. The maximum atomic E-state index is 13.9. The Balaban J connectivity index is 1.81. The van der Waals surface area contributed by atoms with Crippen LogP contribution in [0, 0.1) is 17.8 Å². The number of aliphatic hydroxyl groups is 1. The molecule has 1 fully saturated rings. The van der Waals surface area contributed by atoms with E-state index in [1.54, 1.807) is 30.5 Å². The molecule has 6 N–H and O–H groups in total. The minimum absolute atomic E-state index is 0.0332. The van der Waals surface area contributed by atoms with Crippen molar-refractivity contribution in [3.8, 4) is 0 Å². The van der Waals surface area contributed by atoms with E-state index in [9.17, 15) is 19.5 Å². The molecule has 43 heavy (non-hydrogen) atoms. The van der Waals surface area contributed by atoms with Crippen LogP contribution in [0.3, 0.4) is 0 Å². The van der Waals surface area contributed by atoms with E-state index in [2.05, 4.69) is 41.0 Å². The van der Waals surface area contributed by atoms with Crippen LogP contribution >= 0.6 is 11.6 Å². The van der Waals surface area contributed by atoms with Crippen LogP contribution in [-0.4, -0.2) is 57.3 Å². The number of carbonyl (C=O) groups is 3. The van der Waals surface area contributed by atoms with Crippen LogP contribution < -0.4 is 16.4 Å². The van der Waals surface area contributed by atoms with E-state index in [1.165, 1.54) is 12.7 Å². The number of nitrogens with two attached hydrogens (primary N) is 1. The molecule has 1 saturated carbocycles. The maximum absolute atomic E-state index is 13.9. The lowest BCUT2D eigenvalue weighted by Gasteiger charge is -2.33. The third-order valence-corrected chi connectivity index (χ3v) is 8.53. The van der Waals surface area contributed by atoms with Crippen LogP contribution in [0.4, 0.5) is 4.79 Å². The van der Waals surface area contributed by atoms with Gasteiger partial charge in [0.25, 0.3) is 5.91 Å². The Morgan fingerprint density at radius 1 is 1.14 bits per heavy atom. The van der Waals surface area contributed by atoms with Crippen LogP contribution in [-0.2, 0) is 27.2 Å². The third-order valence-electron chi connectivity index (χ3n) is 8.27. The van der Waals surface area contributed by atoms with Crippen molar-refractivity contribution in [3.63, 3.8) is 0 Å². The molecule has 3 rings (SSSR count). The number of rotatable bonds is 16. The molecule has 1 aliphatic carbocycles. The minimum Gasteiger partial charge on any atom is -0.436 e. The Morgan fingerprint density at radius 3 is 2.42 bits per heavy atom. The molecule has 5 atom stereocenters. The number of aromatic nitrogens is 2. The van der Waals surface area contributed by atoms with Crippen molar-refractivity contribution in [2.45, 2.75) is 95.9 Å². The lowest BCUT2D eigenvalue weighted by atomic mass is 9.81. The number of hydrogen-bond donors (Lipinski definition) is 5. The fourth-order valence-corrected chi connectivity index (χ4v) is 5.84. The number of allylic oxidation sites excluding steroid dienone is 1. The first-order valence-electron chi connectivity index (χ1n) is 15.1. The molecule has 1 aromatic heterocycles. The SMILES string of the molecule is C=C[C@@H](C[C@@H](O)[C@H](CC1CCCCC1)NC(=O)[C@H](Cc1cnc[nH]1)NC(=O)[C@H](Cc1ccc(Cl)cc1)OC(N)=O)C(C)C. The van der Waals surface area contributed by atoms with Gasteiger partial charge in [0.2, 0.25) is 5.91 Å². The molecule has 1 aromatic carbocycles. The molecule has 10 nitrogen and oxygen atoms in total. The molecular formula is C32H46ClN5O5. The molecule has 2 aromatic rings. The molecule has 11 heteroatoms. The predicted octanol–water partition coefficient (Wildman–Crippen LogP) is 4.46. The zero-order valence-electron chi connectivity index (χ0n) is 25.1. The van der Waals surface area contributed by atoms with Crippen LogP contribution in [0.5, 0.6) is 0 Å². The number of nitrogens with zero attached hydrogens (tertiary/aromatic N) is 1. The number of aromatic amines is 1. The van der Waals surface area contributed by atoms with Gasteiger partial charge in [0.15, 0.2) is 6.10 Å². The summed E-state index contributed by atoms with van der Waals surface area (Å²) in [5, 5.41) is 17.7. The Bertz CT molecular complexity index is 1170. The van der Waals surface area contributed by atoms with Gasteiger partial charge in [-0.25, -0.2) is 9.78 Å².